The van der Waals surface area contributed by atoms with Gasteiger partial charge in [0.15, 0.2) is 11.5 Å². The van der Waals surface area contributed by atoms with Crippen molar-refractivity contribution in [1.29, 1.82) is 0 Å². The molecule has 0 spiro atoms. The number of hydrogen-bond acceptors (Lipinski definition) is 6. The molecule has 0 heterocycles. The second-order valence-corrected chi connectivity index (χ2v) is 11.5. The van der Waals surface area contributed by atoms with Gasteiger partial charge in [0, 0.05) is 27.4 Å². The Balaban J connectivity index is 1.56. The maximum atomic E-state index is 13.7. The number of ether oxygens (including phenoxy) is 2. The topological polar surface area (TPSA) is 106 Å². The molecule has 4 aromatic carbocycles. The molecule has 3 amide bonds. The fraction of sp³-hybridized carbons (Fsp3) is 0.194. The Labute approximate surface area is 268 Å². The normalized spacial score (nSPS) is 11.7. The first-order chi connectivity index (χ1) is 21.7. The van der Waals surface area contributed by atoms with Crippen molar-refractivity contribution in [3.05, 3.63) is 119 Å². The van der Waals surface area contributed by atoms with E-state index in [1.807, 2.05) is 57.2 Å². The fourth-order valence-corrected chi connectivity index (χ4v) is 5.55. The summed E-state index contributed by atoms with van der Waals surface area (Å²) in [6.45, 7) is 5.91. The molecule has 0 aromatic heterocycles. The largest absolute Gasteiger partial charge is 0.493 e. The highest BCUT2D eigenvalue weighted by Crippen LogP contribution is 2.33. The first-order valence-corrected chi connectivity index (χ1v) is 15.4. The Morgan fingerprint density at radius 3 is 2.31 bits per heavy atom. The van der Waals surface area contributed by atoms with Gasteiger partial charge in [0.1, 0.15) is 5.70 Å². The minimum Gasteiger partial charge on any atom is -0.493 e. The van der Waals surface area contributed by atoms with Crippen LogP contribution in [0.4, 0.5) is 11.4 Å². The summed E-state index contributed by atoms with van der Waals surface area (Å²) < 4.78 is 10.9. The molecule has 0 saturated carbocycles. The first-order valence-electron chi connectivity index (χ1n) is 14.5. The molecular formula is C36H37N3O5S. The average Bonchev–Trinajstić information content (AvgIpc) is 3.05. The lowest BCUT2D eigenvalue weighted by molar-refractivity contribution is -0.116. The maximum Gasteiger partial charge on any atom is 0.272 e. The molecule has 232 valence electrons. The highest BCUT2D eigenvalue weighted by Gasteiger charge is 2.20. The van der Waals surface area contributed by atoms with Crippen molar-refractivity contribution < 1.29 is 23.9 Å². The summed E-state index contributed by atoms with van der Waals surface area (Å²) >= 11 is 1.42. The maximum absolute atomic E-state index is 13.7. The molecule has 0 fully saturated rings. The van der Waals surface area contributed by atoms with Gasteiger partial charge in [0.2, 0.25) is 5.91 Å². The zero-order valence-electron chi connectivity index (χ0n) is 26.0. The van der Waals surface area contributed by atoms with Crippen molar-refractivity contribution in [1.82, 2.24) is 5.32 Å². The molecule has 0 radical (unpaired) electrons. The molecule has 3 N–H and O–H groups in total. The molecule has 0 bridgehead atoms. The van der Waals surface area contributed by atoms with Gasteiger partial charge in [-0.1, -0.05) is 55.5 Å². The molecule has 0 aliphatic rings. The van der Waals surface area contributed by atoms with Crippen LogP contribution in [0.3, 0.4) is 0 Å². The summed E-state index contributed by atoms with van der Waals surface area (Å²) in [5.41, 5.74) is 4.31. The van der Waals surface area contributed by atoms with Crippen LogP contribution >= 0.6 is 11.8 Å². The van der Waals surface area contributed by atoms with Gasteiger partial charge in [-0.25, -0.2) is 0 Å². The van der Waals surface area contributed by atoms with E-state index in [9.17, 15) is 14.4 Å². The Bertz CT molecular complexity index is 1700. The van der Waals surface area contributed by atoms with Crippen LogP contribution in [0.1, 0.15) is 40.4 Å². The van der Waals surface area contributed by atoms with Gasteiger partial charge in [-0.3, -0.25) is 14.4 Å². The predicted molar refractivity (Wildman–Crippen MR) is 181 cm³/mol. The third-order valence-electron chi connectivity index (χ3n) is 6.95. The predicted octanol–water partition coefficient (Wildman–Crippen LogP) is 7.24. The number of amides is 3. The summed E-state index contributed by atoms with van der Waals surface area (Å²) in [5, 5.41) is 8.35. The second-order valence-electron chi connectivity index (χ2n) is 10.3. The quantitative estimate of drug-likeness (QED) is 0.114. The highest BCUT2D eigenvalue weighted by molar-refractivity contribution is 8.00. The van der Waals surface area contributed by atoms with E-state index in [0.29, 0.717) is 34.7 Å². The van der Waals surface area contributed by atoms with E-state index >= 15 is 0 Å². The fourth-order valence-electron chi connectivity index (χ4n) is 4.54. The van der Waals surface area contributed by atoms with Crippen LogP contribution in [0, 0.1) is 13.8 Å². The summed E-state index contributed by atoms with van der Waals surface area (Å²) in [6.07, 6.45) is 2.15. The Morgan fingerprint density at radius 1 is 0.844 bits per heavy atom. The van der Waals surface area contributed by atoms with Crippen LogP contribution in [0.25, 0.3) is 6.08 Å². The first kappa shape index (κ1) is 32.9. The lowest BCUT2D eigenvalue weighted by atomic mass is 10.1. The number of carbonyl (C=O) groups is 3. The summed E-state index contributed by atoms with van der Waals surface area (Å²) in [5.74, 6) is -0.166. The molecule has 1 atom stereocenters. The van der Waals surface area contributed by atoms with Crippen molar-refractivity contribution in [3.63, 3.8) is 0 Å². The number of nitrogens with one attached hydrogen (secondary N) is 3. The lowest BCUT2D eigenvalue weighted by Crippen LogP contribution is -2.30. The van der Waals surface area contributed by atoms with E-state index < -0.39 is 11.8 Å². The van der Waals surface area contributed by atoms with E-state index in [0.717, 1.165) is 21.7 Å². The molecule has 8 nitrogen and oxygen atoms in total. The summed E-state index contributed by atoms with van der Waals surface area (Å²) in [7, 11) is 3.03. The van der Waals surface area contributed by atoms with Gasteiger partial charge < -0.3 is 25.4 Å². The van der Waals surface area contributed by atoms with Crippen molar-refractivity contribution >= 4 is 46.9 Å². The zero-order chi connectivity index (χ0) is 32.3. The average molecular weight is 624 g/mol. The molecule has 1 unspecified atom stereocenters. The Morgan fingerprint density at radius 2 is 1.60 bits per heavy atom. The third kappa shape index (κ3) is 8.77. The van der Waals surface area contributed by atoms with Crippen LogP contribution in [-0.4, -0.2) is 37.2 Å². The van der Waals surface area contributed by atoms with Crippen LogP contribution in [0.5, 0.6) is 11.5 Å². The molecule has 9 heteroatoms. The molecular weight excluding hydrogens is 586 g/mol. The van der Waals surface area contributed by atoms with Gasteiger partial charge in [-0.15, -0.1) is 11.8 Å². The monoisotopic (exact) mass is 623 g/mol. The second kappa shape index (κ2) is 15.6. The highest BCUT2D eigenvalue weighted by atomic mass is 32.2. The van der Waals surface area contributed by atoms with Gasteiger partial charge in [0.25, 0.3) is 11.8 Å². The zero-order valence-corrected chi connectivity index (χ0v) is 26.8. The standard InChI is InChI=1S/C36H37N3O5S/c1-6-32(36(42)38-29-20-23(2)18-19-24(29)3)45-28-16-11-15-27(22-28)37-35(41)30(39-34(40)25-12-8-7-9-13-25)21-26-14-10-17-31(43-4)33(26)44-5/h7-22,32H,6H2,1-5H3,(H,37,41)(H,38,42)(H,39,40)/b30-21+. The summed E-state index contributed by atoms with van der Waals surface area (Å²) in [6, 6.07) is 27.1. The van der Waals surface area contributed by atoms with E-state index in [1.165, 1.54) is 26.0 Å². The van der Waals surface area contributed by atoms with E-state index in [2.05, 4.69) is 16.0 Å². The molecule has 0 aliphatic heterocycles. The molecule has 0 aliphatic carbocycles. The Hall–Kier alpha value is -5.02. The van der Waals surface area contributed by atoms with Gasteiger partial charge >= 0.3 is 0 Å². The van der Waals surface area contributed by atoms with E-state index in [-0.39, 0.29) is 16.9 Å². The smallest absolute Gasteiger partial charge is 0.272 e. The number of benzene rings is 4. The third-order valence-corrected chi connectivity index (χ3v) is 8.30. The lowest BCUT2D eigenvalue weighted by Gasteiger charge is -2.17. The minimum atomic E-state index is -0.536. The van der Waals surface area contributed by atoms with Crippen LogP contribution in [0.15, 0.2) is 102 Å². The van der Waals surface area contributed by atoms with Gasteiger partial charge in [0.05, 0.1) is 19.5 Å². The molecule has 4 aromatic rings. The number of para-hydroxylation sites is 1. The summed E-state index contributed by atoms with van der Waals surface area (Å²) in [4.78, 5) is 40.8. The van der Waals surface area contributed by atoms with E-state index in [4.69, 9.17) is 9.47 Å². The van der Waals surface area contributed by atoms with Crippen molar-refractivity contribution in [2.45, 2.75) is 37.3 Å². The van der Waals surface area contributed by atoms with Gasteiger partial charge in [-0.2, -0.15) is 0 Å². The molecule has 4 rings (SSSR count). The van der Waals surface area contributed by atoms with Crippen LogP contribution < -0.4 is 25.4 Å². The number of rotatable bonds is 12. The van der Waals surface area contributed by atoms with Crippen LogP contribution in [-0.2, 0) is 9.59 Å². The SMILES string of the molecule is CCC(Sc1cccc(NC(=O)/C(=C\c2cccc(OC)c2OC)NC(=O)c2ccccc2)c1)C(=O)Nc1cc(C)ccc1C. The van der Waals surface area contributed by atoms with Crippen molar-refractivity contribution in [3.8, 4) is 11.5 Å². The molecule has 0 saturated heterocycles. The number of carbonyl (C=O) groups excluding carboxylic acids is 3. The molecule has 45 heavy (non-hydrogen) atoms. The van der Waals surface area contributed by atoms with Crippen molar-refractivity contribution in [2.24, 2.45) is 0 Å². The van der Waals surface area contributed by atoms with Crippen molar-refractivity contribution in [2.75, 3.05) is 24.9 Å². The minimum absolute atomic E-state index is 0.00722. The Kier molecular flexibility index (Phi) is 11.4. The number of hydrogen-bond donors (Lipinski definition) is 3. The number of anilines is 2. The van der Waals surface area contributed by atoms with Crippen LogP contribution in [0.2, 0.25) is 0 Å². The number of methoxy groups -OCH3 is 2. The number of aryl methyl sites for hydroxylation is 2. The van der Waals surface area contributed by atoms with Gasteiger partial charge in [-0.05, 0) is 79.9 Å². The van der Waals surface area contributed by atoms with E-state index in [1.54, 1.807) is 60.7 Å². The number of thioether (sulfide) groups is 1.